The van der Waals surface area contributed by atoms with E-state index in [1.54, 1.807) is 6.20 Å². The number of pyridine rings is 1. The van der Waals surface area contributed by atoms with Gasteiger partial charge in [0.05, 0.1) is 10.5 Å². The van der Waals surface area contributed by atoms with Crippen molar-refractivity contribution < 1.29 is 0 Å². The molecule has 1 atom stereocenters. The summed E-state index contributed by atoms with van der Waals surface area (Å²) in [5.41, 5.74) is 1.83. The van der Waals surface area contributed by atoms with Gasteiger partial charge in [-0.1, -0.05) is 11.6 Å². The van der Waals surface area contributed by atoms with Gasteiger partial charge in [-0.15, -0.1) is 0 Å². The maximum atomic E-state index is 5.91. The van der Waals surface area contributed by atoms with E-state index in [1.807, 2.05) is 6.07 Å². The average molecular weight is 254 g/mol. The zero-order valence-corrected chi connectivity index (χ0v) is 10.5. The van der Waals surface area contributed by atoms with Crippen molar-refractivity contribution in [1.82, 2.24) is 14.5 Å². The molecule has 1 unspecified atom stereocenters. The molecular weight excluding hydrogens is 242 g/mol. The summed E-state index contributed by atoms with van der Waals surface area (Å²) in [4.78, 5) is 7.53. The minimum absolute atomic E-state index is 0.426. The van der Waals surface area contributed by atoms with Gasteiger partial charge in [0.25, 0.3) is 0 Å². The monoisotopic (exact) mass is 253 g/mol. The van der Waals surface area contributed by atoms with Gasteiger partial charge in [-0.3, -0.25) is 4.57 Å². The fourth-order valence-corrected chi connectivity index (χ4v) is 2.68. The van der Waals surface area contributed by atoms with Gasteiger partial charge >= 0.3 is 0 Å². The molecule has 0 saturated heterocycles. The highest BCUT2D eigenvalue weighted by Crippen LogP contribution is 2.40. The molecule has 5 heteroatoms. The Kier molecular flexibility index (Phi) is 2.30. The number of hydrogen-bond donors (Lipinski definition) is 1. The molecule has 0 aromatic carbocycles. The number of nitrogens with one attached hydrogen (secondary N) is 1. The van der Waals surface area contributed by atoms with Crippen LogP contribution in [0, 0.1) is 10.7 Å². The second-order valence-corrected chi connectivity index (χ2v) is 5.23. The number of hydrogen-bond acceptors (Lipinski definition) is 2. The Hall–Kier alpha value is -0.870. The summed E-state index contributed by atoms with van der Waals surface area (Å²) in [6.07, 6.45) is 4.26. The summed E-state index contributed by atoms with van der Waals surface area (Å²) in [5, 5.41) is 0.634. The van der Waals surface area contributed by atoms with E-state index in [9.17, 15) is 0 Å². The Labute approximate surface area is 103 Å². The molecule has 1 N–H and O–H groups in total. The van der Waals surface area contributed by atoms with Crippen LogP contribution in [0.15, 0.2) is 12.3 Å². The highest BCUT2D eigenvalue weighted by atomic mass is 35.5. The van der Waals surface area contributed by atoms with Crippen molar-refractivity contribution >= 4 is 35.0 Å². The molecule has 3 rings (SSSR count). The molecule has 0 bridgehead atoms. The van der Waals surface area contributed by atoms with Crippen molar-refractivity contribution in [3.8, 4) is 0 Å². The van der Waals surface area contributed by atoms with Crippen LogP contribution in [0.1, 0.15) is 25.8 Å². The van der Waals surface area contributed by atoms with Gasteiger partial charge in [0.2, 0.25) is 0 Å². The summed E-state index contributed by atoms with van der Waals surface area (Å²) in [6.45, 7) is 2.21. The second kappa shape index (κ2) is 3.57. The quantitative estimate of drug-likeness (QED) is 0.828. The number of aromatic nitrogens is 3. The van der Waals surface area contributed by atoms with Gasteiger partial charge < -0.3 is 4.98 Å². The Bertz CT molecular complexity index is 597. The third-order valence-corrected chi connectivity index (χ3v) is 3.74. The van der Waals surface area contributed by atoms with E-state index in [0.29, 0.717) is 11.1 Å². The zero-order valence-electron chi connectivity index (χ0n) is 8.90. The molecule has 1 fully saturated rings. The van der Waals surface area contributed by atoms with E-state index in [2.05, 4.69) is 21.5 Å². The third-order valence-electron chi connectivity index (χ3n) is 3.23. The summed E-state index contributed by atoms with van der Waals surface area (Å²) in [6, 6.07) is 2.30. The summed E-state index contributed by atoms with van der Waals surface area (Å²) >= 11 is 11.3. The van der Waals surface area contributed by atoms with Crippen LogP contribution in [0.25, 0.3) is 11.2 Å². The molecule has 16 heavy (non-hydrogen) atoms. The topological polar surface area (TPSA) is 33.6 Å². The lowest BCUT2D eigenvalue weighted by Crippen LogP contribution is -2.07. The van der Waals surface area contributed by atoms with E-state index in [-0.39, 0.29) is 0 Å². The molecular formula is C11H12ClN3S. The highest BCUT2D eigenvalue weighted by Gasteiger charge is 2.30. The lowest BCUT2D eigenvalue weighted by molar-refractivity contribution is 0.490. The van der Waals surface area contributed by atoms with Gasteiger partial charge in [-0.2, -0.15) is 0 Å². The van der Waals surface area contributed by atoms with Crippen LogP contribution in [-0.2, 0) is 0 Å². The number of H-pyrrole nitrogens is 1. The Morgan fingerprint density at radius 1 is 1.62 bits per heavy atom. The lowest BCUT2D eigenvalue weighted by atomic mass is 10.2. The minimum atomic E-state index is 0.426. The van der Waals surface area contributed by atoms with Gasteiger partial charge in [-0.25, -0.2) is 4.98 Å². The standard InChI is InChI=1S/C11H12ClN3S/c1-6(7-2-3-7)15-10-9(14-11(15)16)4-8(12)5-13-10/h4-7H,2-3H2,1H3,(H,14,16). The van der Waals surface area contributed by atoms with Crippen molar-refractivity contribution in [2.75, 3.05) is 0 Å². The molecule has 0 amide bonds. The predicted molar refractivity (Wildman–Crippen MR) is 67.4 cm³/mol. The summed E-state index contributed by atoms with van der Waals surface area (Å²) < 4.78 is 2.85. The number of halogens is 1. The average Bonchev–Trinajstić information content (AvgIpc) is 3.01. The SMILES string of the molecule is CC(C1CC1)n1c(=S)[nH]c2cc(Cl)cnc21. The van der Waals surface area contributed by atoms with E-state index in [1.165, 1.54) is 12.8 Å². The van der Waals surface area contributed by atoms with Crippen molar-refractivity contribution in [2.45, 2.75) is 25.8 Å². The van der Waals surface area contributed by atoms with Gasteiger partial charge in [-0.05, 0) is 44.0 Å². The number of aromatic amines is 1. The van der Waals surface area contributed by atoms with Gasteiger partial charge in [0.1, 0.15) is 0 Å². The molecule has 1 aliphatic rings. The van der Waals surface area contributed by atoms with Crippen molar-refractivity contribution in [2.24, 2.45) is 5.92 Å². The minimum Gasteiger partial charge on any atom is -0.329 e. The van der Waals surface area contributed by atoms with E-state index < -0.39 is 0 Å². The molecule has 0 aliphatic heterocycles. The number of fused-ring (bicyclic) bond motifs is 1. The van der Waals surface area contributed by atoms with E-state index in [0.717, 1.165) is 21.9 Å². The maximum Gasteiger partial charge on any atom is 0.179 e. The first-order valence-electron chi connectivity index (χ1n) is 5.42. The largest absolute Gasteiger partial charge is 0.329 e. The Morgan fingerprint density at radius 2 is 2.38 bits per heavy atom. The molecule has 0 spiro atoms. The van der Waals surface area contributed by atoms with Crippen LogP contribution in [0.3, 0.4) is 0 Å². The third kappa shape index (κ3) is 1.57. The fourth-order valence-electron chi connectivity index (χ4n) is 2.15. The first kappa shape index (κ1) is 10.3. The van der Waals surface area contributed by atoms with Crippen LogP contribution in [-0.4, -0.2) is 14.5 Å². The van der Waals surface area contributed by atoms with Gasteiger partial charge in [0.15, 0.2) is 10.4 Å². The molecule has 2 aromatic heterocycles. The highest BCUT2D eigenvalue weighted by molar-refractivity contribution is 7.71. The molecule has 2 heterocycles. The molecule has 2 aromatic rings. The van der Waals surface area contributed by atoms with Crippen molar-refractivity contribution in [3.63, 3.8) is 0 Å². The number of imidazole rings is 1. The van der Waals surface area contributed by atoms with Crippen LogP contribution in [0.4, 0.5) is 0 Å². The molecule has 1 aliphatic carbocycles. The fraction of sp³-hybridized carbons (Fsp3) is 0.455. The lowest BCUT2D eigenvalue weighted by Gasteiger charge is -2.12. The first-order chi connectivity index (χ1) is 7.66. The molecule has 0 radical (unpaired) electrons. The molecule has 3 nitrogen and oxygen atoms in total. The number of nitrogens with zero attached hydrogens (tertiary/aromatic N) is 2. The van der Waals surface area contributed by atoms with Crippen LogP contribution >= 0.6 is 23.8 Å². The van der Waals surface area contributed by atoms with E-state index >= 15 is 0 Å². The van der Waals surface area contributed by atoms with Crippen molar-refractivity contribution in [1.29, 1.82) is 0 Å². The van der Waals surface area contributed by atoms with Crippen LogP contribution < -0.4 is 0 Å². The summed E-state index contributed by atoms with van der Waals surface area (Å²) in [7, 11) is 0. The Balaban J connectivity index is 2.22. The normalized spacial score (nSPS) is 17.9. The van der Waals surface area contributed by atoms with Gasteiger partial charge in [0, 0.05) is 12.2 Å². The molecule has 84 valence electrons. The van der Waals surface area contributed by atoms with Crippen LogP contribution in [0.5, 0.6) is 0 Å². The predicted octanol–water partition coefficient (Wildman–Crippen LogP) is 3.72. The molecule has 1 saturated carbocycles. The summed E-state index contributed by atoms with van der Waals surface area (Å²) in [5.74, 6) is 0.753. The zero-order chi connectivity index (χ0) is 11.3. The van der Waals surface area contributed by atoms with Crippen molar-refractivity contribution in [3.05, 3.63) is 22.1 Å². The maximum absolute atomic E-state index is 5.91. The van der Waals surface area contributed by atoms with Crippen LogP contribution in [0.2, 0.25) is 5.02 Å². The smallest absolute Gasteiger partial charge is 0.179 e. The Morgan fingerprint density at radius 3 is 3.06 bits per heavy atom. The second-order valence-electron chi connectivity index (χ2n) is 4.40. The number of rotatable bonds is 2. The first-order valence-corrected chi connectivity index (χ1v) is 6.21. The van der Waals surface area contributed by atoms with E-state index in [4.69, 9.17) is 23.8 Å².